The second-order valence-electron chi connectivity index (χ2n) is 7.74. The highest BCUT2D eigenvalue weighted by Crippen LogP contribution is 2.28. The average Bonchev–Trinajstić information content (AvgIpc) is 3.18. The summed E-state index contributed by atoms with van der Waals surface area (Å²) < 4.78 is 2.13. The number of hydrogen-bond acceptors (Lipinski definition) is 5. The van der Waals surface area contributed by atoms with Crippen LogP contribution in [0.3, 0.4) is 0 Å². The fourth-order valence-electron chi connectivity index (χ4n) is 4.18. The van der Waals surface area contributed by atoms with Gasteiger partial charge < -0.3 is 9.30 Å². The molecule has 2 aromatic carbocycles. The zero-order valence-corrected chi connectivity index (χ0v) is 17.1. The SMILES string of the molecule is O=[N+]([O-])c1ccc(-c2nc3ccccn3c2CN2CCN(c3ccccc3)CC2)cc1. The van der Waals surface area contributed by atoms with Gasteiger partial charge in [0.25, 0.3) is 5.69 Å². The minimum atomic E-state index is -0.374. The van der Waals surface area contributed by atoms with Gasteiger partial charge in [0, 0.05) is 62.3 Å². The van der Waals surface area contributed by atoms with Crippen LogP contribution in [0.4, 0.5) is 11.4 Å². The number of nitro groups is 1. The molecule has 31 heavy (non-hydrogen) atoms. The van der Waals surface area contributed by atoms with E-state index >= 15 is 0 Å². The maximum absolute atomic E-state index is 11.0. The van der Waals surface area contributed by atoms with Gasteiger partial charge in [-0.05, 0) is 36.4 Å². The van der Waals surface area contributed by atoms with Crippen LogP contribution in [0.5, 0.6) is 0 Å². The molecule has 0 aliphatic carbocycles. The van der Waals surface area contributed by atoms with E-state index in [1.807, 2.05) is 30.5 Å². The number of anilines is 1. The number of nitro benzene ring substituents is 1. The summed E-state index contributed by atoms with van der Waals surface area (Å²) in [5, 5.41) is 11.0. The molecule has 0 saturated carbocycles. The second kappa shape index (κ2) is 8.20. The van der Waals surface area contributed by atoms with Gasteiger partial charge >= 0.3 is 0 Å². The molecule has 7 heteroatoms. The minimum Gasteiger partial charge on any atom is -0.369 e. The number of benzene rings is 2. The Labute approximate surface area is 180 Å². The summed E-state index contributed by atoms with van der Waals surface area (Å²) in [6.07, 6.45) is 2.03. The fourth-order valence-corrected chi connectivity index (χ4v) is 4.18. The number of aromatic nitrogens is 2. The largest absolute Gasteiger partial charge is 0.369 e. The molecule has 156 valence electrons. The van der Waals surface area contributed by atoms with Crippen molar-refractivity contribution in [1.82, 2.24) is 14.3 Å². The molecule has 0 unspecified atom stereocenters. The van der Waals surface area contributed by atoms with Crippen molar-refractivity contribution in [2.24, 2.45) is 0 Å². The van der Waals surface area contributed by atoms with Crippen LogP contribution < -0.4 is 4.90 Å². The quantitative estimate of drug-likeness (QED) is 0.362. The number of imidazole rings is 1. The molecule has 1 aliphatic heterocycles. The standard InChI is InChI=1S/C24H23N5O2/c30-29(31)21-11-9-19(10-12-21)24-22(28-13-5-4-8-23(28)25-24)18-26-14-16-27(17-15-26)20-6-2-1-3-7-20/h1-13H,14-18H2. The molecule has 0 spiro atoms. The van der Waals surface area contributed by atoms with Crippen LogP contribution in [0.2, 0.25) is 0 Å². The molecule has 0 atom stereocenters. The zero-order chi connectivity index (χ0) is 21.2. The van der Waals surface area contributed by atoms with E-state index in [9.17, 15) is 10.1 Å². The first-order valence-corrected chi connectivity index (χ1v) is 10.4. The monoisotopic (exact) mass is 413 g/mol. The number of rotatable bonds is 5. The van der Waals surface area contributed by atoms with E-state index in [0.29, 0.717) is 0 Å². The van der Waals surface area contributed by atoms with Gasteiger partial charge in [0.15, 0.2) is 0 Å². The van der Waals surface area contributed by atoms with Gasteiger partial charge in [-0.3, -0.25) is 15.0 Å². The van der Waals surface area contributed by atoms with Crippen molar-refractivity contribution in [3.63, 3.8) is 0 Å². The van der Waals surface area contributed by atoms with Gasteiger partial charge in [-0.25, -0.2) is 4.98 Å². The first kappa shape index (κ1) is 19.3. The number of nitrogens with zero attached hydrogens (tertiary/aromatic N) is 5. The predicted molar refractivity (Wildman–Crippen MR) is 121 cm³/mol. The van der Waals surface area contributed by atoms with Gasteiger partial charge in [-0.1, -0.05) is 24.3 Å². The van der Waals surface area contributed by atoms with E-state index in [1.54, 1.807) is 24.3 Å². The summed E-state index contributed by atoms with van der Waals surface area (Å²) in [5.41, 5.74) is 5.12. The molecule has 1 saturated heterocycles. The molecule has 7 nitrogen and oxygen atoms in total. The number of para-hydroxylation sites is 1. The molecule has 1 fully saturated rings. The molecule has 0 radical (unpaired) electrons. The summed E-state index contributed by atoms with van der Waals surface area (Å²) in [6, 6.07) is 23.2. The number of hydrogen-bond donors (Lipinski definition) is 0. The van der Waals surface area contributed by atoms with E-state index in [1.165, 1.54) is 5.69 Å². The molecule has 0 amide bonds. The van der Waals surface area contributed by atoms with Crippen molar-refractivity contribution in [3.05, 3.63) is 94.8 Å². The number of piperazine rings is 1. The lowest BCUT2D eigenvalue weighted by Gasteiger charge is -2.36. The Morgan fingerprint density at radius 1 is 0.871 bits per heavy atom. The predicted octanol–water partition coefficient (Wildman–Crippen LogP) is 4.23. The van der Waals surface area contributed by atoms with Crippen molar-refractivity contribution < 1.29 is 4.92 Å². The highest BCUT2D eigenvalue weighted by Gasteiger charge is 2.21. The summed E-state index contributed by atoms with van der Waals surface area (Å²) in [4.78, 5) is 20.4. The van der Waals surface area contributed by atoms with E-state index in [4.69, 9.17) is 4.98 Å². The van der Waals surface area contributed by atoms with Crippen molar-refractivity contribution in [1.29, 1.82) is 0 Å². The van der Waals surface area contributed by atoms with Crippen LogP contribution in [0.25, 0.3) is 16.9 Å². The number of pyridine rings is 1. The summed E-state index contributed by atoms with van der Waals surface area (Å²) in [7, 11) is 0. The average molecular weight is 413 g/mol. The summed E-state index contributed by atoms with van der Waals surface area (Å²) in [5.74, 6) is 0. The van der Waals surface area contributed by atoms with Crippen LogP contribution in [0.15, 0.2) is 79.0 Å². The normalized spacial score (nSPS) is 14.8. The third-order valence-electron chi connectivity index (χ3n) is 5.85. The lowest BCUT2D eigenvalue weighted by molar-refractivity contribution is -0.384. The van der Waals surface area contributed by atoms with Crippen LogP contribution in [-0.2, 0) is 6.54 Å². The van der Waals surface area contributed by atoms with Crippen LogP contribution in [-0.4, -0.2) is 45.4 Å². The van der Waals surface area contributed by atoms with E-state index in [0.717, 1.165) is 55.3 Å². The molecular formula is C24H23N5O2. The smallest absolute Gasteiger partial charge is 0.269 e. The molecule has 4 aromatic rings. The Morgan fingerprint density at radius 2 is 1.58 bits per heavy atom. The Bertz CT molecular complexity index is 1200. The van der Waals surface area contributed by atoms with E-state index in [-0.39, 0.29) is 10.6 Å². The van der Waals surface area contributed by atoms with Crippen LogP contribution in [0.1, 0.15) is 5.69 Å². The molecule has 3 heterocycles. The van der Waals surface area contributed by atoms with Crippen molar-refractivity contribution in [2.45, 2.75) is 6.54 Å². The Balaban J connectivity index is 1.40. The van der Waals surface area contributed by atoms with Gasteiger partial charge in [0.05, 0.1) is 16.3 Å². The summed E-state index contributed by atoms with van der Waals surface area (Å²) in [6.45, 7) is 4.67. The van der Waals surface area contributed by atoms with Crippen LogP contribution >= 0.6 is 0 Å². The Kier molecular flexibility index (Phi) is 5.09. The molecule has 5 rings (SSSR count). The Hall–Kier alpha value is -3.71. The maximum Gasteiger partial charge on any atom is 0.269 e. The lowest BCUT2D eigenvalue weighted by atomic mass is 10.1. The van der Waals surface area contributed by atoms with E-state index in [2.05, 4.69) is 38.5 Å². The zero-order valence-electron chi connectivity index (χ0n) is 17.1. The van der Waals surface area contributed by atoms with Crippen molar-refractivity contribution >= 4 is 17.0 Å². The number of fused-ring (bicyclic) bond motifs is 1. The first-order valence-electron chi connectivity index (χ1n) is 10.4. The summed E-state index contributed by atoms with van der Waals surface area (Å²) >= 11 is 0. The Morgan fingerprint density at radius 3 is 2.29 bits per heavy atom. The van der Waals surface area contributed by atoms with Gasteiger partial charge in [-0.15, -0.1) is 0 Å². The van der Waals surface area contributed by atoms with Crippen LogP contribution in [0, 0.1) is 10.1 Å². The van der Waals surface area contributed by atoms with Gasteiger partial charge in [0.2, 0.25) is 0 Å². The molecule has 1 aliphatic rings. The minimum absolute atomic E-state index is 0.0890. The first-order chi connectivity index (χ1) is 15.2. The van der Waals surface area contributed by atoms with Gasteiger partial charge in [-0.2, -0.15) is 0 Å². The molecule has 2 aromatic heterocycles. The van der Waals surface area contributed by atoms with E-state index < -0.39 is 0 Å². The highest BCUT2D eigenvalue weighted by atomic mass is 16.6. The highest BCUT2D eigenvalue weighted by molar-refractivity contribution is 5.67. The second-order valence-corrected chi connectivity index (χ2v) is 7.74. The lowest BCUT2D eigenvalue weighted by Crippen LogP contribution is -2.46. The third-order valence-corrected chi connectivity index (χ3v) is 5.85. The molecular weight excluding hydrogens is 390 g/mol. The molecule has 0 bridgehead atoms. The van der Waals surface area contributed by atoms with Crippen molar-refractivity contribution in [2.75, 3.05) is 31.1 Å². The number of non-ortho nitro benzene ring substituents is 1. The molecule has 0 N–H and O–H groups in total. The topological polar surface area (TPSA) is 66.9 Å². The third kappa shape index (κ3) is 3.87. The van der Waals surface area contributed by atoms with Crippen molar-refractivity contribution in [3.8, 4) is 11.3 Å². The van der Waals surface area contributed by atoms with Gasteiger partial charge in [0.1, 0.15) is 5.65 Å². The fraction of sp³-hybridized carbons (Fsp3) is 0.208. The maximum atomic E-state index is 11.0.